The molecule has 5 heteroatoms. The first-order valence-corrected chi connectivity index (χ1v) is 4.29. The molecule has 1 aromatic heterocycles. The Hall–Kier alpha value is -0.940. The molecule has 1 heterocycles. The van der Waals surface area contributed by atoms with E-state index < -0.39 is 19.1 Å². The van der Waals surface area contributed by atoms with E-state index in [-0.39, 0.29) is 6.54 Å². The summed E-state index contributed by atoms with van der Waals surface area (Å²) in [5.74, 6) is 1.20. The highest BCUT2D eigenvalue weighted by atomic mass is 19.3. The van der Waals surface area contributed by atoms with Gasteiger partial charge in [-0.25, -0.2) is 8.78 Å². The number of aryl methyl sites for hydroxylation is 1. The van der Waals surface area contributed by atoms with Gasteiger partial charge in [0.05, 0.1) is 0 Å². The van der Waals surface area contributed by atoms with Gasteiger partial charge in [-0.3, -0.25) is 0 Å². The van der Waals surface area contributed by atoms with Gasteiger partial charge in [-0.05, 0) is 19.1 Å². The second kappa shape index (κ2) is 5.07. The zero-order valence-corrected chi connectivity index (χ0v) is 7.87. The molecule has 0 aliphatic carbocycles. The summed E-state index contributed by atoms with van der Waals surface area (Å²) < 4.78 is 33.8. The summed E-state index contributed by atoms with van der Waals surface area (Å²) in [5, 5.41) is 0. The van der Waals surface area contributed by atoms with Gasteiger partial charge in [0.1, 0.15) is 24.2 Å². The third-order valence-corrected chi connectivity index (χ3v) is 1.72. The van der Waals surface area contributed by atoms with Gasteiger partial charge in [-0.2, -0.15) is 0 Å². The number of nitrogens with two attached hydrogens (primary N) is 1. The van der Waals surface area contributed by atoms with Crippen molar-refractivity contribution in [3.63, 3.8) is 0 Å². The van der Waals surface area contributed by atoms with Crippen LogP contribution in [0.4, 0.5) is 8.78 Å². The molecule has 2 N–H and O–H groups in total. The topological polar surface area (TPSA) is 48.4 Å². The van der Waals surface area contributed by atoms with Gasteiger partial charge in [-0.1, -0.05) is 0 Å². The van der Waals surface area contributed by atoms with Crippen LogP contribution in [0.15, 0.2) is 16.5 Å². The Kier molecular flexibility index (Phi) is 4.03. The Morgan fingerprint density at radius 2 is 2.21 bits per heavy atom. The van der Waals surface area contributed by atoms with Crippen LogP contribution < -0.4 is 5.73 Å². The molecular weight excluding hydrogens is 192 g/mol. The van der Waals surface area contributed by atoms with E-state index in [1.54, 1.807) is 19.1 Å². The molecule has 1 unspecified atom stereocenters. The summed E-state index contributed by atoms with van der Waals surface area (Å²) in [6.07, 6.45) is -3.07. The van der Waals surface area contributed by atoms with Crippen LogP contribution >= 0.6 is 0 Å². The van der Waals surface area contributed by atoms with E-state index in [0.29, 0.717) is 11.5 Å². The molecule has 0 aliphatic heterocycles. The quantitative estimate of drug-likeness (QED) is 0.798. The molecule has 80 valence electrons. The van der Waals surface area contributed by atoms with E-state index >= 15 is 0 Å². The number of hydrogen-bond acceptors (Lipinski definition) is 3. The molecule has 0 radical (unpaired) electrons. The molecule has 0 aromatic carbocycles. The first-order chi connectivity index (χ1) is 6.63. The number of furan rings is 1. The third kappa shape index (κ3) is 3.08. The number of halogens is 2. The Labute approximate surface area is 80.8 Å². The van der Waals surface area contributed by atoms with Crippen molar-refractivity contribution in [3.8, 4) is 0 Å². The highest BCUT2D eigenvalue weighted by molar-refractivity contribution is 5.08. The molecule has 0 saturated heterocycles. The predicted molar refractivity (Wildman–Crippen MR) is 47.2 cm³/mol. The summed E-state index contributed by atoms with van der Waals surface area (Å²) >= 11 is 0. The average Bonchev–Trinajstić information content (AvgIpc) is 2.53. The Bertz CT molecular complexity index is 276. The summed E-state index contributed by atoms with van der Waals surface area (Å²) in [4.78, 5) is 0. The lowest BCUT2D eigenvalue weighted by atomic mass is 10.3. The Morgan fingerprint density at radius 1 is 1.50 bits per heavy atom. The van der Waals surface area contributed by atoms with Gasteiger partial charge >= 0.3 is 0 Å². The normalized spacial score (nSPS) is 13.5. The van der Waals surface area contributed by atoms with Gasteiger partial charge in [0.25, 0.3) is 6.43 Å². The highest BCUT2D eigenvalue weighted by Gasteiger charge is 2.16. The molecule has 3 nitrogen and oxygen atoms in total. The van der Waals surface area contributed by atoms with Gasteiger partial charge in [0, 0.05) is 6.54 Å². The maximum absolute atomic E-state index is 11.9. The van der Waals surface area contributed by atoms with E-state index in [4.69, 9.17) is 14.9 Å². The van der Waals surface area contributed by atoms with E-state index in [2.05, 4.69) is 0 Å². The Balaban J connectivity index is 2.54. The van der Waals surface area contributed by atoms with Crippen LogP contribution in [0.5, 0.6) is 0 Å². The van der Waals surface area contributed by atoms with Crippen molar-refractivity contribution in [2.45, 2.75) is 19.5 Å². The molecule has 0 aliphatic rings. The van der Waals surface area contributed by atoms with E-state index in [1.807, 2.05) is 0 Å². The summed E-state index contributed by atoms with van der Waals surface area (Å²) in [6.45, 7) is 1.27. The van der Waals surface area contributed by atoms with Gasteiger partial charge < -0.3 is 14.9 Å². The molecule has 0 saturated carbocycles. The van der Waals surface area contributed by atoms with E-state index in [0.717, 1.165) is 0 Å². The van der Waals surface area contributed by atoms with Gasteiger partial charge in [0.2, 0.25) is 0 Å². The standard InChI is InChI=1S/C9H13F2NO2/c1-6-2-3-7(14-6)8(4-12)13-5-9(10)11/h2-3,8-9H,4-5,12H2,1H3. The zero-order valence-electron chi connectivity index (χ0n) is 7.87. The van der Waals surface area contributed by atoms with Crippen LogP contribution in [0, 0.1) is 6.92 Å². The Morgan fingerprint density at radius 3 is 2.64 bits per heavy atom. The molecule has 0 fully saturated rings. The lowest BCUT2D eigenvalue weighted by Gasteiger charge is -2.12. The first-order valence-electron chi connectivity index (χ1n) is 4.29. The maximum atomic E-state index is 11.9. The molecule has 0 bridgehead atoms. The lowest BCUT2D eigenvalue weighted by molar-refractivity contribution is -0.0291. The minimum Gasteiger partial charge on any atom is -0.464 e. The summed E-state index contributed by atoms with van der Waals surface area (Å²) in [7, 11) is 0. The molecule has 0 amide bonds. The van der Waals surface area contributed by atoms with Gasteiger partial charge in [0.15, 0.2) is 0 Å². The largest absolute Gasteiger partial charge is 0.464 e. The van der Waals surface area contributed by atoms with Crippen LogP contribution in [0.25, 0.3) is 0 Å². The van der Waals surface area contributed by atoms with Crippen molar-refractivity contribution >= 4 is 0 Å². The van der Waals surface area contributed by atoms with Crippen LogP contribution in [0.2, 0.25) is 0 Å². The zero-order chi connectivity index (χ0) is 10.6. The fourth-order valence-electron chi connectivity index (χ4n) is 1.08. The average molecular weight is 205 g/mol. The number of alkyl halides is 2. The van der Waals surface area contributed by atoms with Crippen molar-refractivity contribution in [1.82, 2.24) is 0 Å². The molecule has 1 aromatic rings. The molecule has 0 spiro atoms. The van der Waals surface area contributed by atoms with Crippen molar-refractivity contribution < 1.29 is 17.9 Å². The lowest BCUT2D eigenvalue weighted by Crippen LogP contribution is -2.18. The number of ether oxygens (including phenoxy) is 1. The number of hydrogen-bond donors (Lipinski definition) is 1. The van der Waals surface area contributed by atoms with Crippen molar-refractivity contribution in [1.29, 1.82) is 0 Å². The van der Waals surface area contributed by atoms with E-state index in [9.17, 15) is 8.78 Å². The van der Waals surface area contributed by atoms with Crippen LogP contribution in [-0.2, 0) is 4.74 Å². The van der Waals surface area contributed by atoms with Crippen molar-refractivity contribution in [2.75, 3.05) is 13.2 Å². The molecular formula is C9H13F2NO2. The minimum absolute atomic E-state index is 0.125. The first kappa shape index (κ1) is 11.1. The van der Waals surface area contributed by atoms with Crippen LogP contribution in [-0.4, -0.2) is 19.6 Å². The van der Waals surface area contributed by atoms with Crippen LogP contribution in [0.1, 0.15) is 17.6 Å². The third-order valence-electron chi connectivity index (χ3n) is 1.72. The minimum atomic E-state index is -2.49. The van der Waals surface area contributed by atoms with Crippen LogP contribution in [0.3, 0.4) is 0 Å². The van der Waals surface area contributed by atoms with E-state index in [1.165, 1.54) is 0 Å². The SMILES string of the molecule is Cc1ccc(C(CN)OCC(F)F)o1. The molecule has 1 rings (SSSR count). The monoisotopic (exact) mass is 205 g/mol. The molecule has 1 atom stereocenters. The second-order valence-electron chi connectivity index (χ2n) is 2.90. The van der Waals surface area contributed by atoms with Gasteiger partial charge in [-0.15, -0.1) is 0 Å². The van der Waals surface area contributed by atoms with Crippen molar-refractivity contribution in [2.24, 2.45) is 5.73 Å². The predicted octanol–water partition coefficient (Wildman–Crippen LogP) is 1.87. The molecule has 14 heavy (non-hydrogen) atoms. The summed E-state index contributed by atoms with van der Waals surface area (Å²) in [6, 6.07) is 3.42. The fourth-order valence-corrected chi connectivity index (χ4v) is 1.08. The number of rotatable bonds is 5. The maximum Gasteiger partial charge on any atom is 0.261 e. The fraction of sp³-hybridized carbons (Fsp3) is 0.556. The summed E-state index contributed by atoms with van der Waals surface area (Å²) in [5.41, 5.74) is 5.37. The second-order valence-corrected chi connectivity index (χ2v) is 2.90. The smallest absolute Gasteiger partial charge is 0.261 e. The highest BCUT2D eigenvalue weighted by Crippen LogP contribution is 2.19. The van der Waals surface area contributed by atoms with Crippen molar-refractivity contribution in [3.05, 3.63) is 23.7 Å².